The lowest BCUT2D eigenvalue weighted by atomic mass is 10.0. The lowest BCUT2D eigenvalue weighted by molar-refractivity contribution is 0.0696. The second-order valence-electron chi connectivity index (χ2n) is 6.25. The van der Waals surface area contributed by atoms with Crippen LogP contribution in [0.1, 0.15) is 41.6 Å². The molecule has 1 unspecified atom stereocenters. The lowest BCUT2D eigenvalue weighted by Crippen LogP contribution is -2.26. The third-order valence-electron chi connectivity index (χ3n) is 4.07. The molecule has 1 atom stereocenters. The third-order valence-corrected chi connectivity index (χ3v) is 4.07. The highest BCUT2D eigenvalue weighted by Gasteiger charge is 2.19. The van der Waals surface area contributed by atoms with Crippen LogP contribution in [-0.4, -0.2) is 21.0 Å². The number of H-pyrrole nitrogens is 1. The summed E-state index contributed by atoms with van der Waals surface area (Å²) in [6.07, 6.45) is 0. The Bertz CT molecular complexity index is 821. The van der Waals surface area contributed by atoms with Crippen LogP contribution in [0, 0.1) is 5.92 Å². The molecule has 0 bridgehead atoms. The summed E-state index contributed by atoms with van der Waals surface area (Å²) in [5, 5.41) is 12.6. The van der Waals surface area contributed by atoms with Crippen LogP contribution in [0.4, 0.5) is 0 Å². The number of carboxylic acid groups (broad SMARTS) is 1. The topological polar surface area (TPSA) is 78.0 Å². The highest BCUT2D eigenvalue weighted by molar-refractivity contribution is 5.87. The fraction of sp³-hybridized carbons (Fsp3) is 0.263. The fourth-order valence-electron chi connectivity index (χ4n) is 2.81. The molecule has 3 rings (SSSR count). The maximum absolute atomic E-state index is 11.1. The number of aromatic nitrogens is 2. The van der Waals surface area contributed by atoms with Crippen molar-refractivity contribution in [2.75, 3.05) is 0 Å². The molecule has 0 aliphatic rings. The zero-order valence-electron chi connectivity index (χ0n) is 13.8. The number of rotatable bonds is 6. The zero-order chi connectivity index (χ0) is 17.1. The zero-order valence-corrected chi connectivity index (χ0v) is 13.8. The Labute approximate surface area is 140 Å². The first kappa shape index (κ1) is 16.2. The van der Waals surface area contributed by atoms with Crippen LogP contribution in [0.5, 0.6) is 0 Å². The monoisotopic (exact) mass is 323 g/mol. The summed E-state index contributed by atoms with van der Waals surface area (Å²) in [6, 6.07) is 15.0. The van der Waals surface area contributed by atoms with E-state index in [1.54, 1.807) is 18.2 Å². The average molecular weight is 323 g/mol. The molecule has 0 amide bonds. The molecular formula is C19H21N3O2. The number of carbonyl (C=O) groups is 1. The number of hydrogen-bond donors (Lipinski definition) is 3. The highest BCUT2D eigenvalue weighted by atomic mass is 16.4. The molecule has 1 heterocycles. The third kappa shape index (κ3) is 3.46. The molecular weight excluding hydrogens is 302 g/mol. The van der Waals surface area contributed by atoms with Crippen molar-refractivity contribution in [2.45, 2.75) is 26.4 Å². The van der Waals surface area contributed by atoms with E-state index in [1.807, 2.05) is 30.3 Å². The van der Waals surface area contributed by atoms with Crippen LogP contribution in [0.15, 0.2) is 48.5 Å². The van der Waals surface area contributed by atoms with E-state index >= 15 is 0 Å². The van der Waals surface area contributed by atoms with Crippen molar-refractivity contribution < 1.29 is 9.90 Å². The van der Waals surface area contributed by atoms with Crippen molar-refractivity contribution in [1.82, 2.24) is 15.3 Å². The van der Waals surface area contributed by atoms with Crippen LogP contribution in [0.2, 0.25) is 0 Å². The second-order valence-corrected chi connectivity index (χ2v) is 6.25. The molecule has 3 aromatic rings. The van der Waals surface area contributed by atoms with Crippen molar-refractivity contribution in [3.8, 4) is 0 Å². The Balaban J connectivity index is 1.79. The Morgan fingerprint density at radius 3 is 2.71 bits per heavy atom. The normalized spacial score (nSPS) is 12.6. The van der Waals surface area contributed by atoms with Crippen LogP contribution >= 0.6 is 0 Å². The first-order valence-electron chi connectivity index (χ1n) is 8.05. The minimum Gasteiger partial charge on any atom is -0.478 e. The predicted octanol–water partition coefficient (Wildman–Crippen LogP) is 3.75. The van der Waals surface area contributed by atoms with E-state index in [0.717, 1.165) is 22.4 Å². The maximum atomic E-state index is 11.1. The quantitative estimate of drug-likeness (QED) is 0.645. The van der Waals surface area contributed by atoms with Gasteiger partial charge < -0.3 is 15.4 Å². The Morgan fingerprint density at radius 2 is 2.00 bits per heavy atom. The van der Waals surface area contributed by atoms with Gasteiger partial charge in [-0.25, -0.2) is 9.78 Å². The van der Waals surface area contributed by atoms with Crippen LogP contribution in [-0.2, 0) is 6.54 Å². The largest absolute Gasteiger partial charge is 0.478 e. The van der Waals surface area contributed by atoms with Gasteiger partial charge in [-0.1, -0.05) is 38.1 Å². The number of fused-ring (bicyclic) bond motifs is 1. The van der Waals surface area contributed by atoms with Gasteiger partial charge in [-0.15, -0.1) is 0 Å². The average Bonchev–Trinajstić information content (AvgIpc) is 2.98. The molecule has 124 valence electrons. The van der Waals surface area contributed by atoms with E-state index < -0.39 is 5.97 Å². The van der Waals surface area contributed by atoms with Gasteiger partial charge in [0, 0.05) is 6.54 Å². The molecule has 0 saturated carbocycles. The molecule has 0 fully saturated rings. The van der Waals surface area contributed by atoms with Gasteiger partial charge in [0.2, 0.25) is 0 Å². The van der Waals surface area contributed by atoms with E-state index in [9.17, 15) is 4.79 Å². The first-order chi connectivity index (χ1) is 11.5. The van der Waals surface area contributed by atoms with Gasteiger partial charge in [-0.3, -0.25) is 0 Å². The number of hydrogen-bond acceptors (Lipinski definition) is 3. The first-order valence-corrected chi connectivity index (χ1v) is 8.05. The lowest BCUT2D eigenvalue weighted by Gasteiger charge is -2.20. The number of nitrogens with one attached hydrogen (secondary N) is 2. The molecule has 0 saturated heterocycles. The number of aromatic amines is 1. The smallest absolute Gasteiger partial charge is 0.335 e. The van der Waals surface area contributed by atoms with E-state index in [0.29, 0.717) is 18.0 Å². The minimum atomic E-state index is -0.908. The molecule has 5 heteroatoms. The SMILES string of the molecule is CC(C)C(NCc1cccc(C(=O)O)c1)c1nc2ccccc2[nH]1. The fourth-order valence-corrected chi connectivity index (χ4v) is 2.81. The van der Waals surface area contributed by atoms with Crippen LogP contribution < -0.4 is 5.32 Å². The van der Waals surface area contributed by atoms with Crippen molar-refractivity contribution in [2.24, 2.45) is 5.92 Å². The van der Waals surface area contributed by atoms with E-state index in [2.05, 4.69) is 29.1 Å². The van der Waals surface area contributed by atoms with E-state index in [4.69, 9.17) is 5.11 Å². The van der Waals surface area contributed by atoms with Gasteiger partial charge in [0.05, 0.1) is 22.6 Å². The van der Waals surface area contributed by atoms with Gasteiger partial charge in [-0.2, -0.15) is 0 Å². The number of imidazole rings is 1. The minimum absolute atomic E-state index is 0.0610. The van der Waals surface area contributed by atoms with Gasteiger partial charge in [-0.05, 0) is 35.7 Å². The van der Waals surface area contributed by atoms with Gasteiger partial charge in [0.25, 0.3) is 0 Å². The molecule has 2 aromatic carbocycles. The molecule has 5 nitrogen and oxygen atoms in total. The summed E-state index contributed by atoms with van der Waals surface area (Å²) < 4.78 is 0. The highest BCUT2D eigenvalue weighted by Crippen LogP contribution is 2.22. The van der Waals surface area contributed by atoms with Crippen molar-refractivity contribution in [3.63, 3.8) is 0 Å². The number of carboxylic acids is 1. The van der Waals surface area contributed by atoms with Gasteiger partial charge in [0.1, 0.15) is 5.82 Å². The summed E-state index contributed by atoms with van der Waals surface area (Å²) in [5.41, 5.74) is 3.22. The van der Waals surface area contributed by atoms with E-state index in [-0.39, 0.29) is 6.04 Å². The summed E-state index contributed by atoms with van der Waals surface area (Å²) in [4.78, 5) is 19.1. The molecule has 0 aliphatic heterocycles. The molecule has 3 N–H and O–H groups in total. The Hall–Kier alpha value is -2.66. The predicted molar refractivity (Wildman–Crippen MR) is 93.9 cm³/mol. The summed E-state index contributed by atoms with van der Waals surface area (Å²) in [6.45, 7) is 4.86. The number of benzene rings is 2. The van der Waals surface area contributed by atoms with Crippen molar-refractivity contribution in [1.29, 1.82) is 0 Å². The van der Waals surface area contributed by atoms with Crippen LogP contribution in [0.25, 0.3) is 11.0 Å². The van der Waals surface area contributed by atoms with Gasteiger partial charge in [0.15, 0.2) is 0 Å². The molecule has 24 heavy (non-hydrogen) atoms. The Morgan fingerprint density at radius 1 is 1.21 bits per heavy atom. The summed E-state index contributed by atoms with van der Waals surface area (Å²) >= 11 is 0. The van der Waals surface area contributed by atoms with E-state index in [1.165, 1.54) is 0 Å². The van der Waals surface area contributed by atoms with Crippen LogP contribution in [0.3, 0.4) is 0 Å². The molecule has 0 aliphatic carbocycles. The molecule has 1 aromatic heterocycles. The number of para-hydroxylation sites is 2. The molecule has 0 radical (unpaired) electrons. The maximum Gasteiger partial charge on any atom is 0.335 e. The van der Waals surface area contributed by atoms with Crippen molar-refractivity contribution >= 4 is 17.0 Å². The summed E-state index contributed by atoms with van der Waals surface area (Å²) in [5.74, 6) is 0.336. The van der Waals surface area contributed by atoms with Gasteiger partial charge >= 0.3 is 5.97 Å². The standard InChI is InChI=1S/C19H21N3O2/c1-12(2)17(18-21-15-8-3-4-9-16(15)22-18)20-11-13-6-5-7-14(10-13)19(23)24/h3-10,12,17,20H,11H2,1-2H3,(H,21,22)(H,23,24). The molecule has 0 spiro atoms. The van der Waals surface area contributed by atoms with Crippen molar-refractivity contribution in [3.05, 3.63) is 65.5 Å². The Kier molecular flexibility index (Phi) is 4.62. The second kappa shape index (κ2) is 6.84. The number of nitrogens with zero attached hydrogens (tertiary/aromatic N) is 1. The number of aromatic carboxylic acids is 1. The summed E-state index contributed by atoms with van der Waals surface area (Å²) in [7, 11) is 0.